The van der Waals surface area contributed by atoms with Gasteiger partial charge in [0.1, 0.15) is 5.82 Å². The van der Waals surface area contributed by atoms with Crippen LogP contribution in [0.1, 0.15) is 12.0 Å². The summed E-state index contributed by atoms with van der Waals surface area (Å²) in [5, 5.41) is 9.26. The molecule has 0 saturated carbocycles. The molecular weight excluding hydrogens is 318 g/mol. The van der Waals surface area contributed by atoms with Crippen LogP contribution in [-0.2, 0) is 6.54 Å². The predicted octanol–water partition coefficient (Wildman–Crippen LogP) is 2.99. The Balaban J connectivity index is 2.23. The first-order chi connectivity index (χ1) is 12.1. The summed E-state index contributed by atoms with van der Waals surface area (Å²) in [5.41, 5.74) is 10.5. The number of nitrogen functional groups attached to an aromatic ring is 1. The van der Waals surface area contributed by atoms with Gasteiger partial charge in [-0.3, -0.25) is 0 Å². The lowest BCUT2D eigenvalue weighted by atomic mass is 10.1. The third-order valence-corrected chi connectivity index (χ3v) is 4.33. The molecule has 0 fully saturated rings. The zero-order valence-electron chi connectivity index (χ0n) is 14.7. The zero-order valence-corrected chi connectivity index (χ0v) is 14.7. The lowest BCUT2D eigenvalue weighted by molar-refractivity contribution is 0.281. The van der Waals surface area contributed by atoms with Gasteiger partial charge in [0, 0.05) is 36.5 Å². The summed E-state index contributed by atoms with van der Waals surface area (Å²) in [4.78, 5) is 4.78. The third kappa shape index (κ3) is 3.13. The predicted molar refractivity (Wildman–Crippen MR) is 99.1 cm³/mol. The van der Waals surface area contributed by atoms with Gasteiger partial charge in [0.15, 0.2) is 11.5 Å². The highest BCUT2D eigenvalue weighted by molar-refractivity contribution is 5.84. The van der Waals surface area contributed by atoms with Crippen molar-refractivity contribution in [2.24, 2.45) is 0 Å². The number of imidazole rings is 1. The molecule has 132 valence electrons. The van der Waals surface area contributed by atoms with Crippen molar-refractivity contribution in [3.63, 3.8) is 0 Å². The van der Waals surface area contributed by atoms with Gasteiger partial charge in [0.05, 0.1) is 25.3 Å². The summed E-state index contributed by atoms with van der Waals surface area (Å²) >= 11 is 0. The number of aliphatic hydroxyl groups is 1. The van der Waals surface area contributed by atoms with E-state index >= 15 is 0 Å². The quantitative estimate of drug-likeness (QED) is 0.674. The maximum Gasteiger partial charge on any atom is 0.163 e. The Hall–Kier alpha value is -2.73. The average Bonchev–Trinajstić information content (AvgIpc) is 2.98. The minimum absolute atomic E-state index is 0.114. The van der Waals surface area contributed by atoms with Crippen molar-refractivity contribution in [3.05, 3.63) is 35.9 Å². The molecule has 0 spiro atoms. The van der Waals surface area contributed by atoms with E-state index in [0.717, 1.165) is 33.7 Å². The number of nitrogens with zero attached hydrogens (tertiary/aromatic N) is 2. The van der Waals surface area contributed by atoms with Crippen molar-refractivity contribution < 1.29 is 14.6 Å². The summed E-state index contributed by atoms with van der Waals surface area (Å²) in [6.45, 7) is 2.73. The average molecular weight is 341 g/mol. The number of hydrogen-bond acceptors (Lipinski definition) is 5. The van der Waals surface area contributed by atoms with Gasteiger partial charge in [-0.15, -0.1) is 0 Å². The summed E-state index contributed by atoms with van der Waals surface area (Å²) in [7, 11) is 3.22. The normalized spacial score (nSPS) is 11.0. The van der Waals surface area contributed by atoms with E-state index in [1.807, 2.05) is 37.3 Å². The molecule has 0 saturated heterocycles. The van der Waals surface area contributed by atoms with E-state index in [9.17, 15) is 5.11 Å². The van der Waals surface area contributed by atoms with Gasteiger partial charge in [-0.25, -0.2) is 4.98 Å². The van der Waals surface area contributed by atoms with Crippen LogP contribution in [0.2, 0.25) is 0 Å². The Bertz CT molecular complexity index is 903. The number of nitrogens with two attached hydrogens (primary N) is 1. The number of anilines is 1. The van der Waals surface area contributed by atoms with Crippen LogP contribution in [0, 0.1) is 6.92 Å². The van der Waals surface area contributed by atoms with Gasteiger partial charge in [-0.2, -0.15) is 0 Å². The van der Waals surface area contributed by atoms with Crippen LogP contribution in [0.5, 0.6) is 11.5 Å². The lowest BCUT2D eigenvalue weighted by Crippen LogP contribution is -2.03. The van der Waals surface area contributed by atoms with Crippen molar-refractivity contribution >= 4 is 16.7 Å². The molecule has 1 heterocycles. The monoisotopic (exact) mass is 341 g/mol. The molecule has 0 aliphatic rings. The van der Waals surface area contributed by atoms with E-state index in [1.54, 1.807) is 14.2 Å². The van der Waals surface area contributed by atoms with E-state index in [1.165, 1.54) is 0 Å². The van der Waals surface area contributed by atoms with Crippen molar-refractivity contribution in [2.45, 2.75) is 19.9 Å². The maximum absolute atomic E-state index is 9.26. The van der Waals surface area contributed by atoms with Crippen molar-refractivity contribution in [1.29, 1.82) is 0 Å². The molecule has 0 aliphatic carbocycles. The molecule has 1 aromatic heterocycles. The number of benzene rings is 2. The van der Waals surface area contributed by atoms with Crippen LogP contribution >= 0.6 is 0 Å². The fourth-order valence-electron chi connectivity index (χ4n) is 2.91. The van der Waals surface area contributed by atoms with Gasteiger partial charge in [-0.05, 0) is 25.0 Å². The molecule has 6 nitrogen and oxygen atoms in total. The Morgan fingerprint density at radius 1 is 1.12 bits per heavy atom. The Morgan fingerprint density at radius 2 is 1.84 bits per heavy atom. The number of rotatable bonds is 6. The molecule has 3 N–H and O–H groups in total. The Labute approximate surface area is 146 Å². The first kappa shape index (κ1) is 17.1. The van der Waals surface area contributed by atoms with Crippen molar-refractivity contribution in [3.8, 4) is 22.9 Å². The molecule has 0 radical (unpaired) electrons. The molecule has 0 atom stereocenters. The number of ether oxygens (including phenoxy) is 2. The van der Waals surface area contributed by atoms with Crippen molar-refractivity contribution in [1.82, 2.24) is 9.55 Å². The topological polar surface area (TPSA) is 82.5 Å². The highest BCUT2D eigenvalue weighted by Crippen LogP contribution is 2.35. The zero-order chi connectivity index (χ0) is 18.0. The second-order valence-corrected chi connectivity index (χ2v) is 5.93. The Kier molecular flexibility index (Phi) is 4.81. The van der Waals surface area contributed by atoms with Crippen LogP contribution in [0.15, 0.2) is 30.3 Å². The Morgan fingerprint density at radius 3 is 2.48 bits per heavy atom. The largest absolute Gasteiger partial charge is 0.493 e. The van der Waals surface area contributed by atoms with Gasteiger partial charge in [0.2, 0.25) is 0 Å². The molecule has 0 bridgehead atoms. The molecule has 0 amide bonds. The van der Waals surface area contributed by atoms with Crippen LogP contribution < -0.4 is 15.2 Å². The van der Waals surface area contributed by atoms with Gasteiger partial charge in [-0.1, -0.05) is 12.1 Å². The van der Waals surface area contributed by atoms with Gasteiger partial charge < -0.3 is 24.9 Å². The molecule has 2 aromatic carbocycles. The standard InChI is InChI=1S/C19H23N3O3/c1-12-5-6-13(9-14(12)20)19-21-15-10-17(24-2)18(25-3)11-16(15)22(19)7-4-8-23/h5-6,9-11,23H,4,7-8,20H2,1-3H3. The summed E-state index contributed by atoms with van der Waals surface area (Å²) < 4.78 is 12.9. The highest BCUT2D eigenvalue weighted by Gasteiger charge is 2.16. The van der Waals surface area contributed by atoms with E-state index in [4.69, 9.17) is 20.2 Å². The van der Waals surface area contributed by atoms with Gasteiger partial charge >= 0.3 is 0 Å². The minimum Gasteiger partial charge on any atom is -0.493 e. The maximum atomic E-state index is 9.26. The second kappa shape index (κ2) is 7.03. The summed E-state index contributed by atoms with van der Waals surface area (Å²) in [5.74, 6) is 2.09. The van der Waals surface area contributed by atoms with Crippen LogP contribution in [0.25, 0.3) is 22.4 Å². The van der Waals surface area contributed by atoms with Crippen molar-refractivity contribution in [2.75, 3.05) is 26.6 Å². The number of aromatic nitrogens is 2. The van der Waals surface area contributed by atoms with Crippen LogP contribution in [0.3, 0.4) is 0 Å². The van der Waals surface area contributed by atoms with Gasteiger partial charge in [0.25, 0.3) is 0 Å². The van der Waals surface area contributed by atoms with Crippen LogP contribution in [-0.4, -0.2) is 35.5 Å². The molecule has 0 unspecified atom stereocenters. The fourth-order valence-corrected chi connectivity index (χ4v) is 2.91. The SMILES string of the molecule is COc1cc2nc(-c3ccc(C)c(N)c3)n(CCCO)c2cc1OC. The second-order valence-electron chi connectivity index (χ2n) is 5.93. The first-order valence-corrected chi connectivity index (χ1v) is 8.18. The number of methoxy groups -OCH3 is 2. The lowest BCUT2D eigenvalue weighted by Gasteiger charge is -2.11. The molecular formula is C19H23N3O3. The van der Waals surface area contributed by atoms with E-state index in [0.29, 0.717) is 24.5 Å². The minimum atomic E-state index is 0.114. The molecule has 3 rings (SSSR count). The fraction of sp³-hybridized carbons (Fsp3) is 0.316. The smallest absolute Gasteiger partial charge is 0.163 e. The summed E-state index contributed by atoms with van der Waals surface area (Å²) in [6, 6.07) is 9.71. The highest BCUT2D eigenvalue weighted by atomic mass is 16.5. The van der Waals surface area contributed by atoms with E-state index in [2.05, 4.69) is 4.57 Å². The first-order valence-electron chi connectivity index (χ1n) is 8.18. The number of aliphatic hydroxyl groups excluding tert-OH is 1. The number of aryl methyl sites for hydroxylation is 2. The molecule has 25 heavy (non-hydrogen) atoms. The number of hydrogen-bond donors (Lipinski definition) is 2. The molecule has 6 heteroatoms. The third-order valence-electron chi connectivity index (χ3n) is 4.33. The van der Waals surface area contributed by atoms with E-state index in [-0.39, 0.29) is 6.61 Å². The summed E-state index contributed by atoms with van der Waals surface area (Å²) in [6.07, 6.45) is 0.633. The van der Waals surface area contributed by atoms with E-state index < -0.39 is 0 Å². The molecule has 3 aromatic rings. The number of fused-ring (bicyclic) bond motifs is 1. The molecule has 0 aliphatic heterocycles. The van der Waals surface area contributed by atoms with Crippen LogP contribution in [0.4, 0.5) is 5.69 Å².